The monoisotopic (exact) mass is 559 g/mol. The van der Waals surface area contributed by atoms with Crippen molar-refractivity contribution in [1.82, 2.24) is 23.7 Å². The normalized spacial score (nSPS) is 20.2. The van der Waals surface area contributed by atoms with E-state index in [1.165, 1.54) is 18.1 Å². The lowest BCUT2D eigenvalue weighted by Crippen LogP contribution is -2.49. The van der Waals surface area contributed by atoms with Gasteiger partial charge in [0.15, 0.2) is 9.84 Å². The van der Waals surface area contributed by atoms with Crippen molar-refractivity contribution in [3.8, 4) is 0 Å². The molecule has 3 aromatic rings. The van der Waals surface area contributed by atoms with Crippen LogP contribution in [0, 0.1) is 0 Å². The van der Waals surface area contributed by atoms with Crippen molar-refractivity contribution in [2.45, 2.75) is 36.2 Å². The van der Waals surface area contributed by atoms with Crippen LogP contribution in [0.25, 0.3) is 11.0 Å². The highest BCUT2D eigenvalue weighted by molar-refractivity contribution is 7.90. The number of hydrogen-bond acceptors (Lipinski definition) is 7. The first kappa shape index (κ1) is 27.3. The second-order valence-electron chi connectivity index (χ2n) is 10.6. The largest absolute Gasteiger partial charge is 0.327 e. The molecule has 1 atom stereocenters. The van der Waals surface area contributed by atoms with E-state index in [1.54, 1.807) is 16.4 Å². The topological polar surface area (TPSA) is 95.8 Å². The molecular weight excluding hydrogens is 522 g/mol. The fourth-order valence-corrected chi connectivity index (χ4v) is 7.31. The van der Waals surface area contributed by atoms with Crippen molar-refractivity contribution in [3.05, 3.63) is 60.4 Å². The van der Waals surface area contributed by atoms with E-state index in [9.17, 15) is 16.8 Å². The molecule has 2 aromatic carbocycles. The SMILES string of the molecule is CS(=O)(=O)c1ccc2c(c1)ncn2C1CCN(CCC(c2ccccc2)N2CCN(S(C)(=O)=O)CC2)CC1. The maximum absolute atomic E-state index is 12.0. The molecule has 2 saturated heterocycles. The number of likely N-dealkylation sites (tertiary alicyclic amines) is 1. The van der Waals surface area contributed by atoms with Gasteiger partial charge >= 0.3 is 0 Å². The second-order valence-corrected chi connectivity index (χ2v) is 14.6. The Morgan fingerprint density at radius 2 is 1.58 bits per heavy atom. The lowest BCUT2D eigenvalue weighted by atomic mass is 9.99. The molecule has 0 radical (unpaired) electrons. The van der Waals surface area contributed by atoms with E-state index in [2.05, 4.69) is 43.6 Å². The van der Waals surface area contributed by atoms with E-state index < -0.39 is 19.9 Å². The van der Waals surface area contributed by atoms with Gasteiger partial charge in [-0.1, -0.05) is 30.3 Å². The van der Waals surface area contributed by atoms with E-state index in [4.69, 9.17) is 0 Å². The molecule has 38 heavy (non-hydrogen) atoms. The zero-order chi connectivity index (χ0) is 26.9. The van der Waals surface area contributed by atoms with Crippen molar-refractivity contribution in [3.63, 3.8) is 0 Å². The predicted molar refractivity (Wildman–Crippen MR) is 149 cm³/mol. The molecule has 5 rings (SSSR count). The molecule has 0 spiro atoms. The Kier molecular flexibility index (Phi) is 7.93. The van der Waals surface area contributed by atoms with Crippen LogP contribution in [-0.2, 0) is 19.9 Å². The molecule has 3 heterocycles. The lowest BCUT2D eigenvalue weighted by molar-refractivity contribution is 0.111. The Hall–Kier alpha value is -2.31. The molecule has 206 valence electrons. The Bertz CT molecular complexity index is 1460. The van der Waals surface area contributed by atoms with Gasteiger partial charge in [-0.25, -0.2) is 21.8 Å². The minimum atomic E-state index is -3.26. The van der Waals surface area contributed by atoms with Gasteiger partial charge in [0, 0.05) is 57.6 Å². The molecule has 0 aliphatic carbocycles. The van der Waals surface area contributed by atoms with E-state index in [0.717, 1.165) is 63.0 Å². The number of nitrogens with zero attached hydrogens (tertiary/aromatic N) is 5. The number of aromatic nitrogens is 2. The molecule has 11 heteroatoms. The summed E-state index contributed by atoms with van der Waals surface area (Å²) < 4.78 is 51.5. The van der Waals surface area contributed by atoms with Crippen molar-refractivity contribution < 1.29 is 16.8 Å². The third kappa shape index (κ3) is 6.12. The number of piperazine rings is 1. The van der Waals surface area contributed by atoms with Gasteiger partial charge in [0.05, 0.1) is 28.5 Å². The molecule has 9 nitrogen and oxygen atoms in total. The Balaban J connectivity index is 1.20. The summed E-state index contributed by atoms with van der Waals surface area (Å²) in [5, 5.41) is 0. The second kappa shape index (κ2) is 11.1. The quantitative estimate of drug-likeness (QED) is 0.419. The Morgan fingerprint density at radius 3 is 2.21 bits per heavy atom. The average molecular weight is 560 g/mol. The van der Waals surface area contributed by atoms with Gasteiger partial charge in [-0.2, -0.15) is 4.31 Å². The van der Waals surface area contributed by atoms with E-state index >= 15 is 0 Å². The average Bonchev–Trinajstić information content (AvgIpc) is 3.33. The van der Waals surface area contributed by atoms with Crippen LogP contribution in [0.2, 0.25) is 0 Å². The Morgan fingerprint density at radius 1 is 0.895 bits per heavy atom. The number of fused-ring (bicyclic) bond motifs is 1. The number of piperidine rings is 1. The van der Waals surface area contributed by atoms with E-state index in [-0.39, 0.29) is 6.04 Å². The maximum Gasteiger partial charge on any atom is 0.211 e. The minimum absolute atomic E-state index is 0.261. The van der Waals surface area contributed by atoms with Crippen LogP contribution < -0.4 is 0 Å². The maximum atomic E-state index is 12.0. The first-order valence-corrected chi connectivity index (χ1v) is 17.0. The van der Waals surface area contributed by atoms with Crippen molar-refractivity contribution in [1.29, 1.82) is 0 Å². The number of sulfonamides is 1. The molecule has 0 amide bonds. The standard InChI is InChI=1S/C27H37N5O4S2/c1-37(33,34)24-8-9-27-25(20-24)28-21-32(27)23-10-13-29(14-11-23)15-12-26(22-6-4-3-5-7-22)30-16-18-31(19-17-30)38(2,35)36/h3-9,20-21,23,26H,10-19H2,1-2H3. The van der Waals surface area contributed by atoms with Gasteiger partial charge in [0.2, 0.25) is 10.0 Å². The summed E-state index contributed by atoms with van der Waals surface area (Å²) in [5.41, 5.74) is 2.98. The van der Waals surface area contributed by atoms with Gasteiger partial charge in [0.1, 0.15) is 0 Å². The summed E-state index contributed by atoms with van der Waals surface area (Å²) in [6.07, 6.45) is 7.39. The number of rotatable bonds is 8. The smallest absolute Gasteiger partial charge is 0.211 e. The molecule has 2 aliphatic rings. The van der Waals surface area contributed by atoms with Gasteiger partial charge < -0.3 is 9.47 Å². The van der Waals surface area contributed by atoms with Gasteiger partial charge in [-0.05, 0) is 49.6 Å². The number of hydrogen-bond donors (Lipinski definition) is 0. The molecule has 1 aromatic heterocycles. The van der Waals surface area contributed by atoms with Crippen LogP contribution >= 0.6 is 0 Å². The van der Waals surface area contributed by atoms with Gasteiger partial charge in [0.25, 0.3) is 0 Å². The number of imidazole rings is 1. The minimum Gasteiger partial charge on any atom is -0.327 e. The number of sulfone groups is 1. The molecule has 2 aliphatic heterocycles. The summed E-state index contributed by atoms with van der Waals surface area (Å²) in [6.45, 7) is 5.54. The number of benzene rings is 2. The van der Waals surface area contributed by atoms with Crippen molar-refractivity contribution in [2.24, 2.45) is 0 Å². The highest BCUT2D eigenvalue weighted by atomic mass is 32.2. The third-order valence-corrected chi connectivity index (χ3v) is 10.4. The molecule has 2 fully saturated rings. The van der Waals surface area contributed by atoms with Crippen molar-refractivity contribution >= 4 is 30.9 Å². The van der Waals surface area contributed by atoms with Crippen LogP contribution in [0.5, 0.6) is 0 Å². The summed E-state index contributed by atoms with van der Waals surface area (Å²) in [7, 11) is -6.41. The summed E-state index contributed by atoms with van der Waals surface area (Å²) in [5.74, 6) is 0. The molecular formula is C27H37N5O4S2. The van der Waals surface area contributed by atoms with Crippen molar-refractivity contribution in [2.75, 3.05) is 58.3 Å². The fraction of sp³-hybridized carbons (Fsp3) is 0.519. The molecule has 1 unspecified atom stereocenters. The highest BCUT2D eigenvalue weighted by Crippen LogP contribution is 2.30. The molecule has 0 bridgehead atoms. The zero-order valence-electron chi connectivity index (χ0n) is 22.1. The summed E-state index contributed by atoms with van der Waals surface area (Å²) in [6, 6.07) is 16.4. The molecule has 0 saturated carbocycles. The van der Waals surface area contributed by atoms with Crippen LogP contribution in [0.3, 0.4) is 0 Å². The first-order valence-electron chi connectivity index (χ1n) is 13.2. The highest BCUT2D eigenvalue weighted by Gasteiger charge is 2.29. The predicted octanol–water partition coefficient (Wildman–Crippen LogP) is 2.79. The Labute approximate surface area is 226 Å². The van der Waals surface area contributed by atoms with E-state index in [0.29, 0.717) is 24.0 Å². The van der Waals surface area contributed by atoms with Gasteiger partial charge in [-0.15, -0.1) is 0 Å². The molecule has 0 N–H and O–H groups in total. The zero-order valence-corrected chi connectivity index (χ0v) is 23.7. The van der Waals surface area contributed by atoms with Gasteiger partial charge in [-0.3, -0.25) is 4.90 Å². The van der Waals surface area contributed by atoms with Crippen LogP contribution in [-0.4, -0.2) is 98.8 Å². The lowest BCUT2D eigenvalue weighted by Gasteiger charge is -2.40. The van der Waals surface area contributed by atoms with Crippen LogP contribution in [0.1, 0.15) is 36.9 Å². The third-order valence-electron chi connectivity index (χ3n) is 8.01. The van der Waals surface area contributed by atoms with Crippen LogP contribution in [0.15, 0.2) is 59.8 Å². The first-order chi connectivity index (χ1) is 18.1. The fourth-order valence-electron chi connectivity index (χ4n) is 5.84. The summed E-state index contributed by atoms with van der Waals surface area (Å²) >= 11 is 0. The van der Waals surface area contributed by atoms with Crippen LogP contribution in [0.4, 0.5) is 0 Å². The summed E-state index contributed by atoms with van der Waals surface area (Å²) in [4.78, 5) is 9.76. The van der Waals surface area contributed by atoms with E-state index in [1.807, 2.05) is 18.5 Å².